The van der Waals surface area contributed by atoms with E-state index in [1.54, 1.807) is 6.08 Å². The first-order chi connectivity index (χ1) is 8.15. The summed E-state index contributed by atoms with van der Waals surface area (Å²) in [6, 6.07) is 7.02. The van der Waals surface area contributed by atoms with Crippen LogP contribution in [-0.4, -0.2) is 11.9 Å². The number of carbonyl (C=O) groups excluding carboxylic acids is 2. The first-order valence-corrected chi connectivity index (χ1v) is 5.08. The van der Waals surface area contributed by atoms with E-state index >= 15 is 0 Å². The van der Waals surface area contributed by atoms with Gasteiger partial charge in [0, 0.05) is 6.54 Å². The van der Waals surface area contributed by atoms with Crippen LogP contribution < -0.4 is 10.6 Å². The fraction of sp³-hybridized carbons (Fsp3) is 0.0769. The van der Waals surface area contributed by atoms with Gasteiger partial charge in [0.2, 0.25) is 0 Å². The predicted molar refractivity (Wildman–Crippen MR) is 67.1 cm³/mol. The lowest BCUT2D eigenvalue weighted by Crippen LogP contribution is -2.38. The predicted octanol–water partition coefficient (Wildman–Crippen LogP) is 1.84. The Hall–Kier alpha value is -2.36. The molecule has 0 fully saturated rings. The van der Waals surface area contributed by atoms with Crippen molar-refractivity contribution >= 4 is 18.0 Å². The first-order valence-electron chi connectivity index (χ1n) is 5.08. The molecule has 0 aliphatic heterocycles. The Labute approximate surface area is 100 Å². The zero-order valence-electron chi connectivity index (χ0n) is 9.40. The number of amides is 3. The van der Waals surface area contributed by atoms with Crippen molar-refractivity contribution in [2.75, 3.05) is 0 Å². The molecule has 4 nitrogen and oxygen atoms in total. The highest BCUT2D eigenvalue weighted by molar-refractivity contribution is 5.99. The molecule has 0 atom stereocenters. The second kappa shape index (κ2) is 6.27. The minimum Gasteiger partial charge on any atom is -0.334 e. The van der Waals surface area contributed by atoms with Gasteiger partial charge in [0.25, 0.3) is 5.91 Å². The van der Waals surface area contributed by atoms with E-state index in [-0.39, 0.29) is 0 Å². The van der Waals surface area contributed by atoms with Crippen molar-refractivity contribution < 1.29 is 9.59 Å². The molecule has 0 aliphatic carbocycles. The fourth-order valence-electron chi connectivity index (χ4n) is 1.16. The van der Waals surface area contributed by atoms with E-state index in [0.717, 1.165) is 17.2 Å². The Morgan fingerprint density at radius 1 is 1.18 bits per heavy atom. The number of rotatable bonds is 4. The van der Waals surface area contributed by atoms with Crippen LogP contribution in [0.5, 0.6) is 0 Å². The van der Waals surface area contributed by atoms with Gasteiger partial charge in [0.15, 0.2) is 0 Å². The molecule has 0 saturated heterocycles. The van der Waals surface area contributed by atoms with Crippen LogP contribution >= 0.6 is 0 Å². The number of hydrogen-bond donors (Lipinski definition) is 2. The standard InChI is InChI=1S/C13H14N2O2/c1-3-10-5-7-11(8-6-10)9-14-13(17)15-12(16)4-2/h3-8H,1-2,9H2,(H2,14,15,16,17). The molecule has 1 aromatic rings. The summed E-state index contributed by atoms with van der Waals surface area (Å²) in [5, 5.41) is 4.66. The molecule has 2 N–H and O–H groups in total. The Kier molecular flexibility index (Phi) is 4.69. The monoisotopic (exact) mass is 230 g/mol. The lowest BCUT2D eigenvalue weighted by Gasteiger charge is -2.05. The van der Waals surface area contributed by atoms with Gasteiger partial charge in [0.1, 0.15) is 0 Å². The maximum atomic E-state index is 11.2. The molecule has 0 aromatic heterocycles. The summed E-state index contributed by atoms with van der Waals surface area (Å²) < 4.78 is 0. The molecule has 0 bridgehead atoms. The highest BCUT2D eigenvalue weighted by Crippen LogP contribution is 2.04. The van der Waals surface area contributed by atoms with Crippen LogP contribution in [0.3, 0.4) is 0 Å². The molecule has 3 amide bonds. The Balaban J connectivity index is 2.44. The van der Waals surface area contributed by atoms with Gasteiger partial charge in [-0.15, -0.1) is 0 Å². The number of urea groups is 1. The van der Waals surface area contributed by atoms with Gasteiger partial charge in [-0.05, 0) is 17.2 Å². The molecule has 4 heteroatoms. The normalized spacial score (nSPS) is 9.18. The van der Waals surface area contributed by atoms with Crippen molar-refractivity contribution in [3.8, 4) is 0 Å². The van der Waals surface area contributed by atoms with E-state index in [1.807, 2.05) is 24.3 Å². The lowest BCUT2D eigenvalue weighted by atomic mass is 10.1. The summed E-state index contributed by atoms with van der Waals surface area (Å²) >= 11 is 0. The molecule has 1 aromatic carbocycles. The Morgan fingerprint density at radius 2 is 1.82 bits per heavy atom. The highest BCUT2D eigenvalue weighted by Gasteiger charge is 2.02. The molecule has 17 heavy (non-hydrogen) atoms. The SMILES string of the molecule is C=CC(=O)NC(=O)NCc1ccc(C=C)cc1. The molecule has 0 radical (unpaired) electrons. The minimum absolute atomic E-state index is 0.355. The molecular formula is C13H14N2O2. The Morgan fingerprint density at radius 3 is 2.35 bits per heavy atom. The first kappa shape index (κ1) is 12.7. The second-order valence-electron chi connectivity index (χ2n) is 3.32. The van der Waals surface area contributed by atoms with Crippen LogP contribution in [0.15, 0.2) is 43.5 Å². The fourth-order valence-corrected chi connectivity index (χ4v) is 1.16. The number of nitrogens with one attached hydrogen (secondary N) is 2. The van der Waals surface area contributed by atoms with E-state index < -0.39 is 11.9 Å². The van der Waals surface area contributed by atoms with Gasteiger partial charge in [-0.3, -0.25) is 10.1 Å². The van der Waals surface area contributed by atoms with Crippen molar-refractivity contribution in [1.82, 2.24) is 10.6 Å². The van der Waals surface area contributed by atoms with Crippen molar-refractivity contribution in [3.63, 3.8) is 0 Å². The van der Waals surface area contributed by atoms with Gasteiger partial charge >= 0.3 is 6.03 Å². The van der Waals surface area contributed by atoms with Gasteiger partial charge in [-0.1, -0.05) is 43.5 Å². The van der Waals surface area contributed by atoms with Crippen LogP contribution in [-0.2, 0) is 11.3 Å². The van der Waals surface area contributed by atoms with Gasteiger partial charge in [-0.2, -0.15) is 0 Å². The molecule has 0 spiro atoms. The number of benzene rings is 1. The number of imide groups is 1. The third-order valence-electron chi connectivity index (χ3n) is 2.09. The molecule has 0 heterocycles. The van der Waals surface area contributed by atoms with E-state index in [2.05, 4.69) is 23.8 Å². The largest absolute Gasteiger partial charge is 0.334 e. The number of hydrogen-bond acceptors (Lipinski definition) is 2. The summed E-state index contributed by atoms with van der Waals surface area (Å²) in [5.41, 5.74) is 1.96. The quantitative estimate of drug-likeness (QED) is 0.775. The van der Waals surface area contributed by atoms with E-state index in [4.69, 9.17) is 0 Å². The van der Waals surface area contributed by atoms with Crippen LogP contribution in [0.4, 0.5) is 4.79 Å². The summed E-state index contributed by atoms with van der Waals surface area (Å²) in [4.78, 5) is 22.0. The minimum atomic E-state index is -0.539. The molecule has 0 unspecified atom stereocenters. The lowest BCUT2D eigenvalue weighted by molar-refractivity contribution is -0.115. The van der Waals surface area contributed by atoms with Crippen LogP contribution in [0, 0.1) is 0 Å². The maximum Gasteiger partial charge on any atom is 0.321 e. The Bertz CT molecular complexity index is 435. The van der Waals surface area contributed by atoms with Crippen molar-refractivity contribution in [1.29, 1.82) is 0 Å². The molecular weight excluding hydrogens is 216 g/mol. The van der Waals surface area contributed by atoms with Gasteiger partial charge in [0.05, 0.1) is 0 Å². The second-order valence-corrected chi connectivity index (χ2v) is 3.32. The van der Waals surface area contributed by atoms with Crippen LogP contribution in [0.1, 0.15) is 11.1 Å². The van der Waals surface area contributed by atoms with Crippen molar-refractivity contribution in [3.05, 3.63) is 54.6 Å². The van der Waals surface area contributed by atoms with E-state index in [1.165, 1.54) is 0 Å². The zero-order chi connectivity index (χ0) is 12.7. The van der Waals surface area contributed by atoms with Gasteiger partial charge < -0.3 is 5.32 Å². The average molecular weight is 230 g/mol. The number of carbonyl (C=O) groups is 2. The third kappa shape index (κ3) is 4.34. The van der Waals surface area contributed by atoms with E-state index in [0.29, 0.717) is 6.54 Å². The van der Waals surface area contributed by atoms with Crippen molar-refractivity contribution in [2.24, 2.45) is 0 Å². The van der Waals surface area contributed by atoms with Crippen LogP contribution in [0.25, 0.3) is 6.08 Å². The average Bonchev–Trinajstić information content (AvgIpc) is 2.36. The smallest absolute Gasteiger partial charge is 0.321 e. The topological polar surface area (TPSA) is 58.2 Å². The highest BCUT2D eigenvalue weighted by atomic mass is 16.2. The molecule has 0 aliphatic rings. The van der Waals surface area contributed by atoms with Crippen molar-refractivity contribution in [2.45, 2.75) is 6.54 Å². The maximum absolute atomic E-state index is 11.2. The summed E-state index contributed by atoms with van der Waals surface area (Å²) in [5.74, 6) is -0.524. The summed E-state index contributed by atoms with van der Waals surface area (Å²) in [6.07, 6.45) is 2.78. The molecule has 88 valence electrons. The molecule has 1 rings (SSSR count). The molecule has 0 saturated carbocycles. The van der Waals surface area contributed by atoms with E-state index in [9.17, 15) is 9.59 Å². The third-order valence-corrected chi connectivity index (χ3v) is 2.09. The summed E-state index contributed by atoms with van der Waals surface area (Å²) in [7, 11) is 0. The van der Waals surface area contributed by atoms with Crippen LogP contribution in [0.2, 0.25) is 0 Å². The van der Waals surface area contributed by atoms with Gasteiger partial charge in [-0.25, -0.2) is 4.79 Å². The zero-order valence-corrected chi connectivity index (χ0v) is 9.40. The summed E-state index contributed by atoms with van der Waals surface area (Å²) in [6.45, 7) is 7.25.